The summed E-state index contributed by atoms with van der Waals surface area (Å²) in [5.41, 5.74) is 8.38. The number of Topliss-reactive ketones (excluding diaryl/α,β-unsaturated/α-hetero) is 1. The van der Waals surface area contributed by atoms with Gasteiger partial charge in [-0.2, -0.15) is 5.26 Å². The average Bonchev–Trinajstić information content (AvgIpc) is 3.18. The molecule has 1 aliphatic heterocycles. The minimum atomic E-state index is -0.439. The van der Waals surface area contributed by atoms with Gasteiger partial charge in [0.1, 0.15) is 11.6 Å². The van der Waals surface area contributed by atoms with Crippen LogP contribution in [0.5, 0.6) is 0 Å². The van der Waals surface area contributed by atoms with Crippen LogP contribution in [0.4, 0.5) is 5.82 Å². The fraction of sp³-hybridized carbons (Fsp3) is 0.400. The van der Waals surface area contributed by atoms with E-state index in [1.54, 1.807) is 17.5 Å². The third kappa shape index (κ3) is 3.91. The van der Waals surface area contributed by atoms with E-state index in [0.717, 1.165) is 15.0 Å². The quantitative estimate of drug-likeness (QED) is 0.524. The summed E-state index contributed by atoms with van der Waals surface area (Å²) in [4.78, 5) is 22.1. The molecular weight excluding hydrogens is 484 g/mol. The molecule has 7 heteroatoms. The predicted molar refractivity (Wildman–Crippen MR) is 132 cm³/mol. The van der Waals surface area contributed by atoms with Crippen LogP contribution in [0, 0.1) is 16.7 Å². The van der Waals surface area contributed by atoms with E-state index in [0.29, 0.717) is 35.6 Å². The number of ketones is 1. The number of carbonyl (C=O) groups is 1. The topological polar surface area (TPSA) is 83.0 Å². The van der Waals surface area contributed by atoms with E-state index in [1.165, 1.54) is 4.88 Å². The van der Waals surface area contributed by atoms with Crippen LogP contribution in [0.25, 0.3) is 0 Å². The molecule has 0 bridgehead atoms. The Labute approximate surface area is 201 Å². The molecule has 0 saturated heterocycles. The van der Waals surface area contributed by atoms with Gasteiger partial charge in [0.25, 0.3) is 0 Å². The number of nitrogens with two attached hydrogens (primary N) is 1. The van der Waals surface area contributed by atoms with E-state index in [4.69, 9.17) is 5.73 Å². The molecule has 0 amide bonds. The molecule has 3 heterocycles. The predicted octanol–water partition coefficient (Wildman–Crippen LogP) is 6.14. The third-order valence-electron chi connectivity index (χ3n) is 5.97. The van der Waals surface area contributed by atoms with Crippen LogP contribution in [0.2, 0.25) is 0 Å². The van der Waals surface area contributed by atoms with Gasteiger partial charge in [-0.3, -0.25) is 9.69 Å². The highest BCUT2D eigenvalue weighted by molar-refractivity contribution is 9.10. The van der Waals surface area contributed by atoms with Gasteiger partial charge in [0.2, 0.25) is 0 Å². The van der Waals surface area contributed by atoms with Crippen LogP contribution in [0.15, 0.2) is 57.6 Å². The van der Waals surface area contributed by atoms with Crippen LogP contribution in [-0.2, 0) is 10.2 Å². The maximum Gasteiger partial charge on any atom is 0.162 e. The summed E-state index contributed by atoms with van der Waals surface area (Å²) in [6, 6.07) is 10.2. The van der Waals surface area contributed by atoms with Crippen molar-refractivity contribution in [2.45, 2.75) is 58.8 Å². The van der Waals surface area contributed by atoms with Crippen LogP contribution < -0.4 is 10.6 Å². The van der Waals surface area contributed by atoms with Crippen molar-refractivity contribution in [2.75, 3.05) is 4.90 Å². The van der Waals surface area contributed by atoms with Crippen LogP contribution in [0.3, 0.4) is 0 Å². The van der Waals surface area contributed by atoms with Gasteiger partial charge in [0, 0.05) is 38.1 Å². The number of carbonyl (C=O) groups excluding carboxylic acids is 1. The number of thiophene rings is 1. The molecule has 1 aliphatic carbocycles. The number of rotatable bonds is 2. The summed E-state index contributed by atoms with van der Waals surface area (Å²) in [5, 5.41) is 10.2. The normalized spacial score (nSPS) is 21.0. The molecular formula is C25H27BrN4OS. The van der Waals surface area contributed by atoms with Crippen molar-refractivity contribution >= 4 is 38.9 Å². The molecule has 2 aromatic heterocycles. The van der Waals surface area contributed by atoms with Crippen molar-refractivity contribution in [1.82, 2.24) is 4.98 Å². The summed E-state index contributed by atoms with van der Waals surface area (Å²) in [6.07, 6.45) is 2.82. The summed E-state index contributed by atoms with van der Waals surface area (Å²) >= 11 is 5.08. The molecule has 2 aromatic rings. The minimum absolute atomic E-state index is 0.0111. The Morgan fingerprint density at radius 2 is 1.97 bits per heavy atom. The molecule has 0 saturated carbocycles. The Bertz CT molecular complexity index is 1190. The van der Waals surface area contributed by atoms with Gasteiger partial charge < -0.3 is 5.73 Å². The SMILES string of the molecule is CC1(C)CC(=O)C2=C(C1)N(c1ccc(Br)cn1)C(N)=C(C#N)[C@@H]2c1ccc(C(C)(C)C)s1. The molecule has 2 N–H and O–H groups in total. The lowest BCUT2D eigenvalue weighted by atomic mass is 9.70. The van der Waals surface area contributed by atoms with Gasteiger partial charge in [-0.05, 0) is 57.4 Å². The highest BCUT2D eigenvalue weighted by atomic mass is 79.9. The van der Waals surface area contributed by atoms with Crippen molar-refractivity contribution in [3.8, 4) is 6.07 Å². The first-order valence-corrected chi connectivity index (χ1v) is 12.2. The monoisotopic (exact) mass is 510 g/mol. The zero-order valence-corrected chi connectivity index (χ0v) is 21.4. The van der Waals surface area contributed by atoms with Crippen molar-refractivity contribution in [1.29, 1.82) is 5.26 Å². The van der Waals surface area contributed by atoms with Crippen LogP contribution >= 0.6 is 27.3 Å². The Balaban J connectivity index is 1.96. The van der Waals surface area contributed by atoms with Crippen molar-refractivity contribution in [2.24, 2.45) is 11.1 Å². The Hall–Kier alpha value is -2.43. The minimum Gasteiger partial charge on any atom is -0.384 e. The first kappa shape index (κ1) is 22.8. The Kier molecular flexibility index (Phi) is 5.59. The van der Waals surface area contributed by atoms with Gasteiger partial charge in [-0.15, -0.1) is 11.3 Å². The van der Waals surface area contributed by atoms with E-state index in [1.807, 2.05) is 23.1 Å². The largest absolute Gasteiger partial charge is 0.384 e. The van der Waals surface area contributed by atoms with E-state index >= 15 is 0 Å². The first-order chi connectivity index (χ1) is 14.9. The van der Waals surface area contributed by atoms with Crippen molar-refractivity contribution in [3.05, 3.63) is 67.4 Å². The molecule has 0 fully saturated rings. The van der Waals surface area contributed by atoms with E-state index in [-0.39, 0.29) is 16.6 Å². The lowest BCUT2D eigenvalue weighted by Crippen LogP contribution is -2.42. The van der Waals surface area contributed by atoms with Gasteiger partial charge >= 0.3 is 0 Å². The maximum absolute atomic E-state index is 13.6. The lowest BCUT2D eigenvalue weighted by Gasteiger charge is -2.43. The summed E-state index contributed by atoms with van der Waals surface area (Å²) in [7, 11) is 0. The van der Waals surface area contributed by atoms with E-state index in [2.05, 4.69) is 67.7 Å². The number of nitriles is 1. The zero-order chi connectivity index (χ0) is 23.4. The van der Waals surface area contributed by atoms with Gasteiger partial charge in [0.05, 0.1) is 17.6 Å². The number of halogens is 1. The smallest absolute Gasteiger partial charge is 0.162 e. The number of aromatic nitrogens is 1. The Morgan fingerprint density at radius 3 is 2.53 bits per heavy atom. The standard InChI is InChI=1S/C25H27BrN4OS/c1-24(2,3)19-8-7-18(32-19)21-15(12-27)23(28)30(20-9-6-14(26)13-29-20)16-10-25(4,5)11-17(31)22(16)21/h6-9,13,21H,10-11,28H2,1-5H3/t21-/m1/s1. The average molecular weight is 511 g/mol. The third-order valence-corrected chi connectivity index (χ3v) is 8.02. The molecule has 4 rings (SSSR count). The first-order valence-electron chi connectivity index (χ1n) is 10.6. The Morgan fingerprint density at radius 1 is 1.25 bits per heavy atom. The second-order valence-corrected chi connectivity index (χ2v) is 12.3. The highest BCUT2D eigenvalue weighted by Gasteiger charge is 2.45. The van der Waals surface area contributed by atoms with Gasteiger partial charge in [-0.1, -0.05) is 34.6 Å². The van der Waals surface area contributed by atoms with Crippen molar-refractivity contribution in [3.63, 3.8) is 0 Å². The lowest BCUT2D eigenvalue weighted by molar-refractivity contribution is -0.118. The van der Waals surface area contributed by atoms with Crippen molar-refractivity contribution < 1.29 is 4.79 Å². The second-order valence-electron chi connectivity index (χ2n) is 10.3. The maximum atomic E-state index is 13.6. The number of pyridine rings is 1. The number of hydrogen-bond donors (Lipinski definition) is 1. The summed E-state index contributed by atoms with van der Waals surface area (Å²) in [5.74, 6) is 0.597. The summed E-state index contributed by atoms with van der Waals surface area (Å²) < 4.78 is 0.849. The molecule has 166 valence electrons. The fourth-order valence-corrected chi connectivity index (χ4v) is 5.89. The van der Waals surface area contributed by atoms with Gasteiger partial charge in [0.15, 0.2) is 5.78 Å². The molecule has 32 heavy (non-hydrogen) atoms. The number of hydrogen-bond acceptors (Lipinski definition) is 6. The van der Waals surface area contributed by atoms with Crippen LogP contribution in [-0.4, -0.2) is 10.8 Å². The zero-order valence-electron chi connectivity index (χ0n) is 19.0. The molecule has 1 atom stereocenters. The molecule has 0 spiro atoms. The summed E-state index contributed by atoms with van der Waals surface area (Å²) in [6.45, 7) is 10.7. The fourth-order valence-electron chi connectivity index (χ4n) is 4.47. The second kappa shape index (κ2) is 7.86. The number of nitrogens with zero attached hydrogens (tertiary/aromatic N) is 3. The molecule has 0 unspecified atom stereocenters. The van der Waals surface area contributed by atoms with Gasteiger partial charge in [-0.25, -0.2) is 4.98 Å². The molecule has 0 aromatic carbocycles. The number of anilines is 1. The molecule has 2 aliphatic rings. The van der Waals surface area contributed by atoms with E-state index < -0.39 is 5.92 Å². The highest BCUT2D eigenvalue weighted by Crippen LogP contribution is 2.51. The van der Waals surface area contributed by atoms with E-state index in [9.17, 15) is 10.1 Å². The molecule has 5 nitrogen and oxygen atoms in total. The number of allylic oxidation sites excluding steroid dienone is 3. The van der Waals surface area contributed by atoms with Crippen LogP contribution in [0.1, 0.15) is 63.1 Å². The molecule has 0 radical (unpaired) electrons.